The number of amidine groups is 1. The number of halogens is 2. The van der Waals surface area contributed by atoms with E-state index in [2.05, 4.69) is 16.4 Å². The van der Waals surface area contributed by atoms with Gasteiger partial charge in [-0.25, -0.2) is 4.99 Å². The second-order valence-corrected chi connectivity index (χ2v) is 7.31. The molecule has 24 heavy (non-hydrogen) atoms. The van der Waals surface area contributed by atoms with Crippen molar-refractivity contribution in [3.8, 4) is 0 Å². The molecule has 1 N–H and O–H groups in total. The first-order valence-electron chi connectivity index (χ1n) is 7.24. The number of rotatable bonds is 2. The Morgan fingerprint density at radius 2 is 1.92 bits per heavy atom. The molecular formula is C18H14Cl2N2OS. The maximum atomic E-state index is 12.1. The summed E-state index contributed by atoms with van der Waals surface area (Å²) in [6.45, 7) is 4.03. The van der Waals surface area contributed by atoms with Crippen LogP contribution < -0.4 is 5.32 Å². The number of hydrogen-bond donors (Lipinski definition) is 1. The van der Waals surface area contributed by atoms with Crippen molar-refractivity contribution in [2.24, 2.45) is 4.99 Å². The Labute approximate surface area is 154 Å². The van der Waals surface area contributed by atoms with Crippen LogP contribution in [-0.2, 0) is 4.79 Å². The average molecular weight is 377 g/mol. The first kappa shape index (κ1) is 17.1. The van der Waals surface area contributed by atoms with Crippen molar-refractivity contribution in [1.82, 2.24) is 5.32 Å². The molecule has 0 saturated carbocycles. The number of nitrogens with one attached hydrogen (secondary N) is 1. The van der Waals surface area contributed by atoms with Crippen LogP contribution in [0, 0.1) is 13.8 Å². The molecule has 0 bridgehead atoms. The Hall–Kier alpha value is -1.75. The van der Waals surface area contributed by atoms with Gasteiger partial charge in [-0.1, -0.05) is 47.0 Å². The zero-order valence-corrected chi connectivity index (χ0v) is 15.4. The van der Waals surface area contributed by atoms with Gasteiger partial charge in [-0.15, -0.1) is 0 Å². The van der Waals surface area contributed by atoms with Gasteiger partial charge in [0.05, 0.1) is 10.6 Å². The van der Waals surface area contributed by atoms with Crippen LogP contribution in [0.3, 0.4) is 0 Å². The summed E-state index contributed by atoms with van der Waals surface area (Å²) in [5.41, 5.74) is 3.83. The lowest BCUT2D eigenvalue weighted by Gasteiger charge is -2.02. The molecule has 0 spiro atoms. The average Bonchev–Trinajstić information content (AvgIpc) is 2.85. The molecule has 1 aliphatic rings. The number of carbonyl (C=O) groups is 1. The van der Waals surface area contributed by atoms with Gasteiger partial charge in [0.15, 0.2) is 5.17 Å². The lowest BCUT2D eigenvalue weighted by atomic mass is 10.1. The largest absolute Gasteiger partial charge is 0.300 e. The van der Waals surface area contributed by atoms with E-state index in [1.807, 2.05) is 26.0 Å². The van der Waals surface area contributed by atoms with Crippen molar-refractivity contribution in [1.29, 1.82) is 0 Å². The second-order valence-electron chi connectivity index (χ2n) is 5.44. The summed E-state index contributed by atoms with van der Waals surface area (Å²) in [6, 6.07) is 11.2. The van der Waals surface area contributed by atoms with Crippen molar-refractivity contribution >= 4 is 57.8 Å². The zero-order chi connectivity index (χ0) is 17.3. The van der Waals surface area contributed by atoms with E-state index < -0.39 is 0 Å². The van der Waals surface area contributed by atoms with Crippen LogP contribution in [0.25, 0.3) is 6.08 Å². The SMILES string of the molecule is Cc1ccc(N=C2NC(=O)C(=Cc3ccc(Cl)cc3Cl)S2)c(C)c1. The Morgan fingerprint density at radius 3 is 2.62 bits per heavy atom. The van der Waals surface area contributed by atoms with Crippen molar-refractivity contribution in [2.75, 3.05) is 0 Å². The van der Waals surface area contributed by atoms with Crippen LogP contribution in [-0.4, -0.2) is 11.1 Å². The van der Waals surface area contributed by atoms with E-state index in [0.717, 1.165) is 16.8 Å². The Bertz CT molecular complexity index is 891. The summed E-state index contributed by atoms with van der Waals surface area (Å²) in [5, 5.41) is 4.40. The third-order valence-electron chi connectivity index (χ3n) is 3.47. The van der Waals surface area contributed by atoms with Crippen LogP contribution in [0.4, 0.5) is 5.69 Å². The number of carbonyl (C=O) groups excluding carboxylic acids is 1. The van der Waals surface area contributed by atoms with Crippen LogP contribution in [0.1, 0.15) is 16.7 Å². The van der Waals surface area contributed by atoms with E-state index in [-0.39, 0.29) is 5.91 Å². The molecule has 0 unspecified atom stereocenters. The van der Waals surface area contributed by atoms with E-state index in [0.29, 0.717) is 20.1 Å². The predicted molar refractivity (Wildman–Crippen MR) is 103 cm³/mol. The lowest BCUT2D eigenvalue weighted by Crippen LogP contribution is -2.19. The van der Waals surface area contributed by atoms with Gasteiger partial charge in [-0.3, -0.25) is 4.79 Å². The zero-order valence-electron chi connectivity index (χ0n) is 13.1. The molecule has 1 aliphatic heterocycles. The topological polar surface area (TPSA) is 41.5 Å². The number of aliphatic imine (C=N–C) groups is 1. The molecule has 1 fully saturated rings. The number of hydrogen-bond acceptors (Lipinski definition) is 3. The molecule has 1 amide bonds. The van der Waals surface area contributed by atoms with Crippen molar-refractivity contribution < 1.29 is 4.79 Å². The second kappa shape index (κ2) is 7.01. The highest BCUT2D eigenvalue weighted by Gasteiger charge is 2.24. The van der Waals surface area contributed by atoms with Gasteiger partial charge in [0.2, 0.25) is 0 Å². The standard InChI is InChI=1S/C18H14Cl2N2OS/c1-10-3-6-15(11(2)7-10)21-18-22-17(23)16(24-18)8-12-4-5-13(19)9-14(12)20/h3-9H,1-2H3,(H,21,22,23). The Morgan fingerprint density at radius 1 is 1.12 bits per heavy atom. The molecule has 122 valence electrons. The van der Waals surface area contributed by atoms with Crippen LogP contribution in [0.2, 0.25) is 10.0 Å². The van der Waals surface area contributed by atoms with Gasteiger partial charge < -0.3 is 5.32 Å². The minimum Gasteiger partial charge on any atom is -0.300 e. The molecule has 6 heteroatoms. The van der Waals surface area contributed by atoms with Crippen LogP contribution in [0.5, 0.6) is 0 Å². The van der Waals surface area contributed by atoms with Crippen molar-refractivity contribution in [2.45, 2.75) is 13.8 Å². The quantitative estimate of drug-likeness (QED) is 0.702. The molecular weight excluding hydrogens is 363 g/mol. The molecule has 0 aliphatic carbocycles. The number of thioether (sulfide) groups is 1. The minimum atomic E-state index is -0.186. The summed E-state index contributed by atoms with van der Waals surface area (Å²) in [5.74, 6) is -0.186. The number of benzene rings is 2. The summed E-state index contributed by atoms with van der Waals surface area (Å²) < 4.78 is 0. The molecule has 2 aromatic carbocycles. The molecule has 3 rings (SSSR count). The van der Waals surface area contributed by atoms with Gasteiger partial charge >= 0.3 is 0 Å². The van der Waals surface area contributed by atoms with Gasteiger partial charge in [0.25, 0.3) is 5.91 Å². The molecule has 1 heterocycles. The summed E-state index contributed by atoms with van der Waals surface area (Å²) in [7, 11) is 0. The van der Waals surface area contributed by atoms with Gasteiger partial charge in [-0.2, -0.15) is 0 Å². The summed E-state index contributed by atoms with van der Waals surface area (Å²) in [4.78, 5) is 17.2. The van der Waals surface area contributed by atoms with Crippen molar-refractivity contribution in [3.63, 3.8) is 0 Å². The molecule has 0 aromatic heterocycles. The van der Waals surface area contributed by atoms with Crippen molar-refractivity contribution in [3.05, 3.63) is 68.0 Å². The third kappa shape index (κ3) is 3.83. The first-order chi connectivity index (χ1) is 11.4. The smallest absolute Gasteiger partial charge is 0.264 e. The monoisotopic (exact) mass is 376 g/mol. The fraction of sp³-hybridized carbons (Fsp3) is 0.111. The van der Waals surface area contributed by atoms with E-state index in [1.54, 1.807) is 24.3 Å². The number of amides is 1. The molecule has 1 saturated heterocycles. The van der Waals surface area contributed by atoms with Gasteiger partial charge in [-0.05, 0) is 61.0 Å². The number of aryl methyl sites for hydroxylation is 2. The Balaban J connectivity index is 1.88. The first-order valence-corrected chi connectivity index (χ1v) is 8.81. The van der Waals surface area contributed by atoms with Gasteiger partial charge in [0, 0.05) is 10.0 Å². The van der Waals surface area contributed by atoms with E-state index in [4.69, 9.17) is 23.2 Å². The van der Waals surface area contributed by atoms with Crippen LogP contribution in [0.15, 0.2) is 46.3 Å². The maximum Gasteiger partial charge on any atom is 0.264 e. The summed E-state index contributed by atoms with van der Waals surface area (Å²) >= 11 is 13.3. The normalized spacial score (nSPS) is 17.6. The lowest BCUT2D eigenvalue weighted by molar-refractivity contribution is -0.115. The summed E-state index contributed by atoms with van der Waals surface area (Å²) in [6.07, 6.45) is 1.74. The number of nitrogens with zero attached hydrogens (tertiary/aromatic N) is 1. The fourth-order valence-electron chi connectivity index (χ4n) is 2.28. The molecule has 0 atom stereocenters. The van der Waals surface area contributed by atoms with E-state index >= 15 is 0 Å². The Kier molecular flexibility index (Phi) is 4.99. The highest BCUT2D eigenvalue weighted by atomic mass is 35.5. The minimum absolute atomic E-state index is 0.186. The van der Waals surface area contributed by atoms with Crippen LogP contribution >= 0.6 is 35.0 Å². The predicted octanol–water partition coefficient (Wildman–Crippen LogP) is 5.50. The fourth-order valence-corrected chi connectivity index (χ4v) is 3.57. The molecule has 3 nitrogen and oxygen atoms in total. The third-order valence-corrected chi connectivity index (χ3v) is 4.95. The highest BCUT2D eigenvalue weighted by molar-refractivity contribution is 8.18. The highest BCUT2D eigenvalue weighted by Crippen LogP contribution is 2.31. The molecule has 0 radical (unpaired) electrons. The maximum absolute atomic E-state index is 12.1. The van der Waals surface area contributed by atoms with E-state index in [1.165, 1.54) is 17.3 Å². The van der Waals surface area contributed by atoms with Gasteiger partial charge in [0.1, 0.15) is 0 Å². The molecule has 2 aromatic rings. The van der Waals surface area contributed by atoms with E-state index in [9.17, 15) is 4.79 Å².